The van der Waals surface area contributed by atoms with Crippen molar-refractivity contribution in [3.63, 3.8) is 0 Å². The number of ether oxygens (including phenoxy) is 1. The Morgan fingerprint density at radius 1 is 0.938 bits per heavy atom. The minimum Gasteiger partial charge on any atom is -0.379 e. The summed E-state index contributed by atoms with van der Waals surface area (Å²) < 4.78 is 25.9. The molecule has 0 fully saturated rings. The number of phosphoric ester groups is 1. The molecule has 0 saturated carbocycles. The molecular weight excluding hydrogens is 231 g/mol. The van der Waals surface area contributed by atoms with Crippen molar-refractivity contribution in [2.24, 2.45) is 0 Å². The van der Waals surface area contributed by atoms with Crippen molar-refractivity contribution in [3.05, 3.63) is 0 Å². The summed E-state index contributed by atoms with van der Waals surface area (Å²) in [6.45, 7) is 5.37. The topological polar surface area (TPSA) is 65.0 Å². The van der Waals surface area contributed by atoms with E-state index in [0.29, 0.717) is 13.2 Å². The molecule has 0 spiro atoms. The maximum atomic E-state index is 11.2. The molecule has 0 amide bonds. The number of phosphoric acid groups is 1. The molecule has 1 atom stereocenters. The van der Waals surface area contributed by atoms with E-state index >= 15 is 0 Å². The molecule has 0 rings (SSSR count). The first-order chi connectivity index (χ1) is 7.62. The van der Waals surface area contributed by atoms with E-state index in [9.17, 15) is 9.46 Å². The van der Waals surface area contributed by atoms with Gasteiger partial charge in [0, 0.05) is 6.61 Å². The van der Waals surface area contributed by atoms with Crippen LogP contribution < -0.4 is 0 Å². The van der Waals surface area contributed by atoms with Gasteiger partial charge in [0.2, 0.25) is 0 Å². The summed E-state index contributed by atoms with van der Waals surface area (Å²) in [7, 11) is -3.86. The Morgan fingerprint density at radius 3 is 2.12 bits per heavy atom. The van der Waals surface area contributed by atoms with Crippen LogP contribution in [0.4, 0.5) is 0 Å². The summed E-state index contributed by atoms with van der Waals surface area (Å²) in [6, 6.07) is 0. The van der Waals surface area contributed by atoms with Crippen molar-refractivity contribution >= 4 is 7.82 Å². The molecule has 0 aliphatic carbocycles. The first kappa shape index (κ1) is 16.1. The molecule has 0 aliphatic heterocycles. The molecule has 6 heteroatoms. The zero-order valence-corrected chi connectivity index (χ0v) is 11.1. The zero-order chi connectivity index (χ0) is 12.3. The molecule has 98 valence electrons. The van der Waals surface area contributed by atoms with Crippen LogP contribution >= 0.6 is 7.82 Å². The molecule has 0 bridgehead atoms. The fourth-order valence-electron chi connectivity index (χ4n) is 0.922. The van der Waals surface area contributed by atoms with Gasteiger partial charge in [-0.15, -0.1) is 0 Å². The van der Waals surface area contributed by atoms with Gasteiger partial charge in [0.25, 0.3) is 0 Å². The summed E-state index contributed by atoms with van der Waals surface area (Å²) in [5.74, 6) is 0. The highest BCUT2D eigenvalue weighted by molar-refractivity contribution is 7.47. The Bertz CT molecular complexity index is 198. The smallest absolute Gasteiger partial charge is 0.379 e. The second-order valence-electron chi connectivity index (χ2n) is 3.45. The molecular formula is C10H23O5P. The SMILES string of the molecule is CCCCOCCOP(=O)(O)OCCCC. The third kappa shape index (κ3) is 10.6. The summed E-state index contributed by atoms with van der Waals surface area (Å²) in [6.07, 6.45) is 3.73. The minimum atomic E-state index is -3.86. The van der Waals surface area contributed by atoms with E-state index < -0.39 is 7.82 Å². The lowest BCUT2D eigenvalue weighted by molar-refractivity contribution is 0.0750. The van der Waals surface area contributed by atoms with Crippen LogP contribution in [0.25, 0.3) is 0 Å². The van der Waals surface area contributed by atoms with Gasteiger partial charge in [-0.1, -0.05) is 26.7 Å². The number of unbranched alkanes of at least 4 members (excludes halogenated alkanes) is 2. The van der Waals surface area contributed by atoms with E-state index in [2.05, 4.69) is 6.92 Å². The van der Waals surface area contributed by atoms with Crippen LogP contribution in [0.15, 0.2) is 0 Å². The van der Waals surface area contributed by atoms with Crippen LogP contribution in [-0.4, -0.2) is 31.3 Å². The van der Waals surface area contributed by atoms with Gasteiger partial charge in [-0.2, -0.15) is 0 Å². The van der Waals surface area contributed by atoms with E-state index in [0.717, 1.165) is 25.7 Å². The molecule has 0 saturated heterocycles. The number of hydrogen-bond acceptors (Lipinski definition) is 4. The van der Waals surface area contributed by atoms with Gasteiger partial charge in [-0.05, 0) is 12.8 Å². The third-order valence-electron chi connectivity index (χ3n) is 1.88. The Morgan fingerprint density at radius 2 is 1.50 bits per heavy atom. The van der Waals surface area contributed by atoms with Crippen LogP contribution in [0.1, 0.15) is 39.5 Å². The average molecular weight is 254 g/mol. The van der Waals surface area contributed by atoms with Crippen LogP contribution in [0.5, 0.6) is 0 Å². The Labute approximate surface area is 97.7 Å². The van der Waals surface area contributed by atoms with Crippen molar-refractivity contribution < 1.29 is 23.2 Å². The minimum absolute atomic E-state index is 0.0869. The van der Waals surface area contributed by atoms with Gasteiger partial charge in [-0.25, -0.2) is 4.57 Å². The normalized spacial score (nSPS) is 14.9. The van der Waals surface area contributed by atoms with E-state index in [4.69, 9.17) is 13.8 Å². The molecule has 5 nitrogen and oxygen atoms in total. The Kier molecular flexibility index (Phi) is 10.3. The lowest BCUT2D eigenvalue weighted by Gasteiger charge is -2.11. The van der Waals surface area contributed by atoms with Crippen molar-refractivity contribution in [3.8, 4) is 0 Å². The fraction of sp³-hybridized carbons (Fsp3) is 1.00. The largest absolute Gasteiger partial charge is 0.472 e. The van der Waals surface area contributed by atoms with E-state index in [1.54, 1.807) is 0 Å². The number of hydrogen-bond donors (Lipinski definition) is 1. The van der Waals surface area contributed by atoms with Gasteiger partial charge in [0.1, 0.15) is 0 Å². The van der Waals surface area contributed by atoms with Crippen molar-refractivity contribution in [1.82, 2.24) is 0 Å². The monoisotopic (exact) mass is 254 g/mol. The standard InChI is InChI=1S/C10H23O5P/c1-3-5-7-13-9-10-15-16(11,12)14-8-6-4-2/h3-10H2,1-2H3,(H,11,12). The maximum Gasteiger partial charge on any atom is 0.472 e. The third-order valence-corrected chi connectivity index (χ3v) is 2.89. The highest BCUT2D eigenvalue weighted by Crippen LogP contribution is 2.42. The average Bonchev–Trinajstić information content (AvgIpc) is 2.23. The summed E-state index contributed by atoms with van der Waals surface area (Å²) in [4.78, 5) is 9.20. The van der Waals surface area contributed by atoms with Crippen LogP contribution in [0, 0.1) is 0 Å². The fourth-order valence-corrected chi connectivity index (χ4v) is 1.66. The molecule has 0 radical (unpaired) electrons. The molecule has 1 N–H and O–H groups in total. The molecule has 0 aromatic heterocycles. The van der Waals surface area contributed by atoms with E-state index in [1.165, 1.54) is 0 Å². The van der Waals surface area contributed by atoms with Crippen molar-refractivity contribution in [1.29, 1.82) is 0 Å². The number of rotatable bonds is 11. The summed E-state index contributed by atoms with van der Waals surface area (Å²) >= 11 is 0. The van der Waals surface area contributed by atoms with Crippen LogP contribution in [-0.2, 0) is 18.3 Å². The lowest BCUT2D eigenvalue weighted by atomic mass is 10.4. The van der Waals surface area contributed by atoms with Crippen LogP contribution in [0.3, 0.4) is 0 Å². The Balaban J connectivity index is 3.39. The first-order valence-corrected chi connectivity index (χ1v) is 7.31. The molecule has 0 aromatic rings. The predicted octanol–water partition coefficient (Wildman–Crippen LogP) is 2.74. The Hall–Kier alpha value is 0.0700. The summed E-state index contributed by atoms with van der Waals surface area (Å²) in [5.41, 5.74) is 0. The molecule has 0 aliphatic rings. The second kappa shape index (κ2) is 10.2. The highest BCUT2D eigenvalue weighted by Gasteiger charge is 2.19. The van der Waals surface area contributed by atoms with Crippen molar-refractivity contribution in [2.75, 3.05) is 26.4 Å². The van der Waals surface area contributed by atoms with Crippen LogP contribution in [0.2, 0.25) is 0 Å². The zero-order valence-electron chi connectivity index (χ0n) is 10.2. The van der Waals surface area contributed by atoms with E-state index in [-0.39, 0.29) is 13.2 Å². The second-order valence-corrected chi connectivity index (χ2v) is 4.91. The predicted molar refractivity (Wildman–Crippen MR) is 62.4 cm³/mol. The van der Waals surface area contributed by atoms with Gasteiger partial charge in [-0.3, -0.25) is 9.05 Å². The maximum absolute atomic E-state index is 11.2. The van der Waals surface area contributed by atoms with Crippen molar-refractivity contribution in [2.45, 2.75) is 39.5 Å². The van der Waals surface area contributed by atoms with Gasteiger partial charge >= 0.3 is 7.82 Å². The molecule has 16 heavy (non-hydrogen) atoms. The molecule has 0 aromatic carbocycles. The van der Waals surface area contributed by atoms with Gasteiger partial charge in [0.15, 0.2) is 0 Å². The molecule has 0 heterocycles. The summed E-state index contributed by atoms with van der Waals surface area (Å²) in [5, 5.41) is 0. The first-order valence-electron chi connectivity index (χ1n) is 5.82. The van der Waals surface area contributed by atoms with E-state index in [1.807, 2.05) is 6.92 Å². The highest BCUT2D eigenvalue weighted by atomic mass is 31.2. The molecule has 1 unspecified atom stereocenters. The van der Waals surface area contributed by atoms with Gasteiger partial charge in [0.05, 0.1) is 19.8 Å². The van der Waals surface area contributed by atoms with Gasteiger partial charge < -0.3 is 9.63 Å². The quantitative estimate of drug-likeness (QED) is 0.453. The lowest BCUT2D eigenvalue weighted by Crippen LogP contribution is -2.05.